The van der Waals surface area contributed by atoms with Crippen LogP contribution in [0.5, 0.6) is 17.2 Å². The molecule has 0 heterocycles. The lowest BCUT2D eigenvalue weighted by Gasteiger charge is -2.33. The van der Waals surface area contributed by atoms with Crippen molar-refractivity contribution in [3.8, 4) is 28.4 Å². The highest BCUT2D eigenvalue weighted by molar-refractivity contribution is 5.94. The van der Waals surface area contributed by atoms with E-state index in [9.17, 15) is 4.79 Å². The highest BCUT2D eigenvalue weighted by atomic mass is 16.5. The summed E-state index contributed by atoms with van der Waals surface area (Å²) < 4.78 is 17.2. The topological polar surface area (TPSA) is 51.2 Å². The molecule has 46 heavy (non-hydrogen) atoms. The highest BCUT2D eigenvalue weighted by Gasteiger charge is 2.36. The zero-order chi connectivity index (χ0) is 32.7. The Labute approximate surface area is 274 Å². The fourth-order valence-electron chi connectivity index (χ4n) is 6.41. The lowest BCUT2D eigenvalue weighted by molar-refractivity contribution is 0.0669. The first-order valence-electron chi connectivity index (χ1n) is 16.3. The van der Waals surface area contributed by atoms with Crippen LogP contribution < -0.4 is 19.1 Å². The summed E-state index contributed by atoms with van der Waals surface area (Å²) in [5.41, 5.74) is 6.38. The SMILES string of the molecule is COc1ccc(CN(CC2CCCC2(C)C)C(=O)c2ccc(-c3cccc(OCCc4ccc(N(C)C)cc4)c3)cc2)c(OC)c1. The number of amides is 1. The Bertz CT molecular complexity index is 1590. The van der Waals surface area contributed by atoms with E-state index in [0.29, 0.717) is 31.2 Å². The van der Waals surface area contributed by atoms with Crippen LogP contribution >= 0.6 is 0 Å². The Balaban J connectivity index is 1.29. The van der Waals surface area contributed by atoms with Gasteiger partial charge in [-0.15, -0.1) is 0 Å². The number of methoxy groups -OCH3 is 2. The molecule has 0 spiro atoms. The van der Waals surface area contributed by atoms with Crippen LogP contribution in [0.3, 0.4) is 0 Å². The fourth-order valence-corrected chi connectivity index (χ4v) is 6.41. The summed E-state index contributed by atoms with van der Waals surface area (Å²) in [5.74, 6) is 2.77. The molecule has 242 valence electrons. The third-order valence-electron chi connectivity index (χ3n) is 9.47. The first-order chi connectivity index (χ1) is 22.2. The van der Waals surface area contributed by atoms with Gasteiger partial charge in [-0.3, -0.25) is 4.79 Å². The second kappa shape index (κ2) is 14.8. The molecule has 1 amide bonds. The molecule has 1 aliphatic rings. The molecule has 0 aliphatic heterocycles. The van der Waals surface area contributed by atoms with E-state index in [1.807, 2.05) is 73.6 Å². The smallest absolute Gasteiger partial charge is 0.254 e. The van der Waals surface area contributed by atoms with Gasteiger partial charge in [0.2, 0.25) is 0 Å². The minimum absolute atomic E-state index is 0.0304. The van der Waals surface area contributed by atoms with Crippen molar-refractivity contribution in [3.63, 3.8) is 0 Å². The third kappa shape index (κ3) is 8.03. The van der Waals surface area contributed by atoms with Crippen molar-refractivity contribution in [1.29, 1.82) is 0 Å². The summed E-state index contributed by atoms with van der Waals surface area (Å²) >= 11 is 0. The number of carbonyl (C=O) groups is 1. The predicted molar refractivity (Wildman–Crippen MR) is 187 cm³/mol. The van der Waals surface area contributed by atoms with Gasteiger partial charge in [-0.25, -0.2) is 0 Å². The molecule has 1 saturated carbocycles. The van der Waals surface area contributed by atoms with E-state index in [1.54, 1.807) is 14.2 Å². The zero-order valence-corrected chi connectivity index (χ0v) is 28.2. The van der Waals surface area contributed by atoms with Crippen LogP contribution in [-0.2, 0) is 13.0 Å². The maximum Gasteiger partial charge on any atom is 0.254 e. The maximum absolute atomic E-state index is 14.1. The highest BCUT2D eigenvalue weighted by Crippen LogP contribution is 2.43. The fraction of sp³-hybridized carbons (Fsp3) is 0.375. The molecule has 0 N–H and O–H groups in total. The van der Waals surface area contributed by atoms with E-state index < -0.39 is 0 Å². The van der Waals surface area contributed by atoms with Gasteiger partial charge in [0.1, 0.15) is 17.2 Å². The van der Waals surface area contributed by atoms with Crippen molar-refractivity contribution < 1.29 is 19.0 Å². The van der Waals surface area contributed by atoms with Crippen LogP contribution in [0.2, 0.25) is 0 Å². The Morgan fingerprint density at radius 3 is 2.26 bits per heavy atom. The maximum atomic E-state index is 14.1. The first kappa shape index (κ1) is 32.9. The molecule has 0 saturated heterocycles. The van der Waals surface area contributed by atoms with E-state index >= 15 is 0 Å². The van der Waals surface area contributed by atoms with E-state index in [-0.39, 0.29) is 11.3 Å². The van der Waals surface area contributed by atoms with Crippen LogP contribution in [-0.4, -0.2) is 52.3 Å². The summed E-state index contributed by atoms with van der Waals surface area (Å²) in [6.45, 7) is 6.44. The molecule has 1 unspecified atom stereocenters. The van der Waals surface area contributed by atoms with Gasteiger partial charge in [-0.1, -0.05) is 56.7 Å². The van der Waals surface area contributed by atoms with Gasteiger partial charge in [-0.05, 0) is 89.4 Å². The average Bonchev–Trinajstić information content (AvgIpc) is 3.41. The van der Waals surface area contributed by atoms with Crippen molar-refractivity contribution >= 4 is 11.6 Å². The number of hydrogen-bond donors (Lipinski definition) is 0. The molecule has 0 radical (unpaired) electrons. The standard InChI is InChI=1S/C40H48N2O4/c1-40(2)23-8-10-34(40)28-42(27-33-18-21-36(44-5)26-38(33)45-6)39(43)31-16-14-30(15-17-31)32-9-7-11-37(25-32)46-24-22-29-12-19-35(20-13-29)41(3)4/h7,9,11-21,25-26,34H,8,10,22-24,27-28H2,1-6H3. The minimum atomic E-state index is 0.0304. The number of hydrogen-bond acceptors (Lipinski definition) is 5. The van der Waals surface area contributed by atoms with E-state index in [1.165, 1.54) is 24.1 Å². The van der Waals surface area contributed by atoms with Crippen LogP contribution in [0.4, 0.5) is 5.69 Å². The van der Waals surface area contributed by atoms with Crippen LogP contribution in [0.1, 0.15) is 54.6 Å². The lowest BCUT2D eigenvalue weighted by atomic mass is 9.81. The molecule has 0 aromatic heterocycles. The molecule has 4 aromatic rings. The lowest BCUT2D eigenvalue weighted by Crippen LogP contribution is -2.38. The Morgan fingerprint density at radius 2 is 1.61 bits per heavy atom. The molecule has 1 fully saturated rings. The third-order valence-corrected chi connectivity index (χ3v) is 9.47. The van der Waals surface area contributed by atoms with Gasteiger partial charge in [0.05, 0.1) is 20.8 Å². The van der Waals surface area contributed by atoms with Gasteiger partial charge >= 0.3 is 0 Å². The van der Waals surface area contributed by atoms with E-state index in [4.69, 9.17) is 14.2 Å². The summed E-state index contributed by atoms with van der Waals surface area (Å²) in [5, 5.41) is 0. The molecule has 0 bridgehead atoms. The van der Waals surface area contributed by atoms with Crippen molar-refractivity contribution in [2.45, 2.75) is 46.1 Å². The van der Waals surface area contributed by atoms with Crippen LogP contribution in [0, 0.1) is 11.3 Å². The summed E-state index contributed by atoms with van der Waals surface area (Å²) in [6, 6.07) is 30.5. The Morgan fingerprint density at radius 1 is 0.848 bits per heavy atom. The van der Waals surface area contributed by atoms with Crippen molar-refractivity contribution in [2.24, 2.45) is 11.3 Å². The Hall–Kier alpha value is -4.45. The van der Waals surface area contributed by atoms with Crippen LogP contribution in [0.25, 0.3) is 11.1 Å². The summed E-state index contributed by atoms with van der Waals surface area (Å²) in [4.78, 5) is 18.2. The predicted octanol–water partition coefficient (Wildman–Crippen LogP) is 8.53. The minimum Gasteiger partial charge on any atom is -0.497 e. The summed E-state index contributed by atoms with van der Waals surface area (Å²) in [6.07, 6.45) is 4.36. The van der Waals surface area contributed by atoms with Gasteiger partial charge in [-0.2, -0.15) is 0 Å². The number of carbonyl (C=O) groups excluding carboxylic acids is 1. The quantitative estimate of drug-likeness (QED) is 0.150. The molecule has 4 aromatic carbocycles. The van der Waals surface area contributed by atoms with Gasteiger partial charge in [0.25, 0.3) is 5.91 Å². The van der Waals surface area contributed by atoms with Crippen molar-refractivity contribution in [3.05, 3.63) is 108 Å². The molecular weight excluding hydrogens is 572 g/mol. The molecule has 6 nitrogen and oxygen atoms in total. The average molecular weight is 621 g/mol. The first-order valence-corrected chi connectivity index (χ1v) is 16.3. The van der Waals surface area contributed by atoms with Crippen molar-refractivity contribution in [2.75, 3.05) is 46.4 Å². The second-order valence-electron chi connectivity index (χ2n) is 13.2. The summed E-state index contributed by atoms with van der Waals surface area (Å²) in [7, 11) is 7.40. The van der Waals surface area contributed by atoms with Gasteiger partial charge < -0.3 is 24.0 Å². The molecule has 6 heteroatoms. The van der Waals surface area contributed by atoms with E-state index in [0.717, 1.165) is 46.8 Å². The molecule has 1 atom stereocenters. The van der Waals surface area contributed by atoms with E-state index in [2.05, 4.69) is 55.1 Å². The normalized spacial score (nSPS) is 15.3. The second-order valence-corrected chi connectivity index (χ2v) is 13.2. The van der Waals surface area contributed by atoms with Gasteiger partial charge in [0.15, 0.2) is 0 Å². The number of benzene rings is 4. The van der Waals surface area contributed by atoms with Crippen LogP contribution in [0.15, 0.2) is 91.0 Å². The number of anilines is 1. The molecular formula is C40H48N2O4. The monoisotopic (exact) mass is 620 g/mol. The largest absolute Gasteiger partial charge is 0.497 e. The number of rotatable bonds is 13. The zero-order valence-electron chi connectivity index (χ0n) is 28.2. The number of ether oxygens (including phenoxy) is 3. The Kier molecular flexibility index (Phi) is 10.6. The van der Waals surface area contributed by atoms with Gasteiger partial charge in [0, 0.05) is 56.5 Å². The molecule has 5 rings (SSSR count). The molecule has 1 aliphatic carbocycles. The number of nitrogens with zero attached hydrogens (tertiary/aromatic N) is 2. The van der Waals surface area contributed by atoms with Crippen molar-refractivity contribution in [1.82, 2.24) is 4.90 Å².